The van der Waals surface area contributed by atoms with Gasteiger partial charge in [-0.3, -0.25) is 15.0 Å². The van der Waals surface area contributed by atoms with Gasteiger partial charge in [0.2, 0.25) is 10.3 Å². The predicted octanol–water partition coefficient (Wildman–Crippen LogP) is 1.41. The molecule has 2 aromatic heterocycles. The maximum atomic E-state index is 12.8. The van der Waals surface area contributed by atoms with Crippen molar-refractivity contribution in [3.8, 4) is 11.2 Å². The molecule has 0 saturated heterocycles. The van der Waals surface area contributed by atoms with Crippen molar-refractivity contribution in [1.82, 2.24) is 30.5 Å². The number of nitriles is 1. The van der Waals surface area contributed by atoms with Gasteiger partial charge in [-0.15, -0.1) is 5.10 Å². The lowest BCUT2D eigenvalue weighted by molar-refractivity contribution is 0.0910. The Balaban J connectivity index is 1.91. The average Bonchev–Trinajstić information content (AvgIpc) is 3.39. The fourth-order valence-electron chi connectivity index (χ4n) is 2.52. The summed E-state index contributed by atoms with van der Waals surface area (Å²) in [7, 11) is 0. The molecule has 2 heterocycles. The zero-order valence-electron chi connectivity index (χ0n) is 15.4. The molecule has 0 bridgehead atoms. The summed E-state index contributed by atoms with van der Waals surface area (Å²) in [6, 6.07) is 7.81. The zero-order valence-corrected chi connectivity index (χ0v) is 17.0. The number of nitrogens with two attached hydrogens (primary N) is 1. The van der Waals surface area contributed by atoms with Crippen LogP contribution in [0.1, 0.15) is 44.4 Å². The molecule has 4 N–H and O–H groups in total. The molecule has 148 valence electrons. The maximum Gasteiger partial charge on any atom is 0.265 e. The fraction of sp³-hybridized carbons (Fsp3) is 0.176. The molecule has 1 aromatic carbocycles. The van der Waals surface area contributed by atoms with Crippen LogP contribution in [0.4, 0.5) is 0 Å². The SMILES string of the molecule is CSc1nc(C(C)NC(=O)c2ccccc2C(=O)NN)n(-c2ncc(C#N)s2)n1. The van der Waals surface area contributed by atoms with Crippen molar-refractivity contribution >= 4 is 34.9 Å². The van der Waals surface area contributed by atoms with Crippen LogP contribution in [-0.2, 0) is 0 Å². The first-order valence-corrected chi connectivity index (χ1v) is 10.3. The molecule has 29 heavy (non-hydrogen) atoms. The van der Waals surface area contributed by atoms with Crippen LogP contribution in [-0.4, -0.2) is 37.8 Å². The zero-order chi connectivity index (χ0) is 21.0. The molecule has 10 nitrogen and oxygen atoms in total. The van der Waals surface area contributed by atoms with E-state index in [2.05, 4.69) is 20.4 Å². The molecule has 0 radical (unpaired) electrons. The third-order valence-electron chi connectivity index (χ3n) is 3.86. The van der Waals surface area contributed by atoms with Crippen molar-refractivity contribution in [2.45, 2.75) is 18.1 Å². The number of hydrazine groups is 1. The van der Waals surface area contributed by atoms with Crippen molar-refractivity contribution in [2.75, 3.05) is 6.26 Å². The van der Waals surface area contributed by atoms with Crippen LogP contribution in [0.15, 0.2) is 35.6 Å². The molecular weight excluding hydrogens is 412 g/mol. The van der Waals surface area contributed by atoms with Gasteiger partial charge in [0.15, 0.2) is 5.82 Å². The number of benzene rings is 1. The summed E-state index contributed by atoms with van der Waals surface area (Å²) in [6.45, 7) is 1.74. The molecule has 2 amide bonds. The van der Waals surface area contributed by atoms with E-state index in [9.17, 15) is 9.59 Å². The van der Waals surface area contributed by atoms with Gasteiger partial charge in [-0.25, -0.2) is 15.8 Å². The lowest BCUT2D eigenvalue weighted by atomic mass is 10.1. The van der Waals surface area contributed by atoms with Crippen LogP contribution in [0.3, 0.4) is 0 Å². The summed E-state index contributed by atoms with van der Waals surface area (Å²) < 4.78 is 1.50. The molecule has 0 aliphatic carbocycles. The first kappa shape index (κ1) is 20.5. The molecule has 3 rings (SSSR count). The van der Waals surface area contributed by atoms with Crippen LogP contribution >= 0.6 is 23.1 Å². The minimum Gasteiger partial charge on any atom is -0.342 e. The first-order valence-electron chi connectivity index (χ1n) is 8.26. The van der Waals surface area contributed by atoms with Crippen LogP contribution in [0.5, 0.6) is 0 Å². The number of nitrogens with one attached hydrogen (secondary N) is 2. The van der Waals surface area contributed by atoms with E-state index < -0.39 is 17.9 Å². The highest BCUT2D eigenvalue weighted by molar-refractivity contribution is 7.98. The van der Waals surface area contributed by atoms with Crippen molar-refractivity contribution in [3.63, 3.8) is 0 Å². The van der Waals surface area contributed by atoms with Gasteiger partial charge in [0, 0.05) is 0 Å². The van der Waals surface area contributed by atoms with Gasteiger partial charge in [0.25, 0.3) is 11.8 Å². The second kappa shape index (κ2) is 8.82. The van der Waals surface area contributed by atoms with Crippen molar-refractivity contribution < 1.29 is 9.59 Å². The van der Waals surface area contributed by atoms with Gasteiger partial charge in [-0.1, -0.05) is 35.2 Å². The monoisotopic (exact) mass is 428 g/mol. The van der Waals surface area contributed by atoms with Crippen LogP contribution in [0.2, 0.25) is 0 Å². The van der Waals surface area contributed by atoms with Gasteiger partial charge in [0.1, 0.15) is 10.9 Å². The second-order valence-electron chi connectivity index (χ2n) is 5.70. The number of hydrogen-bond donors (Lipinski definition) is 3. The van der Waals surface area contributed by atoms with E-state index in [1.54, 1.807) is 19.1 Å². The van der Waals surface area contributed by atoms with Gasteiger partial charge in [-0.2, -0.15) is 9.94 Å². The molecule has 0 fully saturated rings. The molecular formula is C17H16N8O2S2. The van der Waals surface area contributed by atoms with Gasteiger partial charge < -0.3 is 5.32 Å². The Bertz CT molecular complexity index is 1100. The summed E-state index contributed by atoms with van der Waals surface area (Å²) in [5.74, 6) is 4.61. The molecule has 0 aliphatic rings. The third kappa shape index (κ3) is 4.27. The standard InChI is InChI=1S/C17H16N8O2S2/c1-9(21-14(26)11-5-3-4-6-12(11)15(27)23-19)13-22-16(28-2)24-25(13)17-20-8-10(7-18)29-17/h3-6,8-9H,19H2,1-2H3,(H,21,26)(H,23,27). The molecule has 0 saturated carbocycles. The van der Waals surface area contributed by atoms with Gasteiger partial charge >= 0.3 is 0 Å². The smallest absolute Gasteiger partial charge is 0.265 e. The lowest BCUT2D eigenvalue weighted by Crippen LogP contribution is -2.34. The largest absolute Gasteiger partial charge is 0.342 e. The highest BCUT2D eigenvalue weighted by Crippen LogP contribution is 2.23. The number of carbonyl (C=O) groups excluding carboxylic acids is 2. The highest BCUT2D eigenvalue weighted by atomic mass is 32.2. The molecule has 0 spiro atoms. The summed E-state index contributed by atoms with van der Waals surface area (Å²) in [6.07, 6.45) is 3.28. The second-order valence-corrected chi connectivity index (χ2v) is 7.48. The molecule has 12 heteroatoms. The summed E-state index contributed by atoms with van der Waals surface area (Å²) >= 11 is 2.51. The number of carbonyl (C=O) groups is 2. The van der Waals surface area contributed by atoms with Crippen molar-refractivity contribution in [3.05, 3.63) is 52.3 Å². The Hall–Kier alpha value is -3.27. The van der Waals surface area contributed by atoms with Gasteiger partial charge in [0.05, 0.1) is 23.4 Å². The summed E-state index contributed by atoms with van der Waals surface area (Å²) in [4.78, 5) is 33.8. The number of aromatic nitrogens is 4. The van der Waals surface area contributed by atoms with E-state index >= 15 is 0 Å². The maximum absolute atomic E-state index is 12.8. The van der Waals surface area contributed by atoms with E-state index in [0.29, 0.717) is 21.0 Å². The fourth-order valence-corrected chi connectivity index (χ4v) is 3.54. The number of rotatable bonds is 6. The first-order chi connectivity index (χ1) is 14.0. The van der Waals surface area contributed by atoms with E-state index in [4.69, 9.17) is 11.1 Å². The lowest BCUT2D eigenvalue weighted by Gasteiger charge is -2.15. The number of hydrogen-bond acceptors (Lipinski definition) is 9. The van der Waals surface area contributed by atoms with Gasteiger partial charge in [-0.05, 0) is 25.3 Å². The van der Waals surface area contributed by atoms with Crippen molar-refractivity contribution in [2.24, 2.45) is 5.84 Å². The topological polar surface area (TPSA) is 152 Å². The Morgan fingerprint density at radius 3 is 2.59 bits per heavy atom. The normalized spacial score (nSPS) is 11.5. The Kier molecular flexibility index (Phi) is 6.23. The van der Waals surface area contributed by atoms with E-state index in [1.807, 2.05) is 17.8 Å². The number of nitrogen functional groups attached to an aromatic ring is 1. The Morgan fingerprint density at radius 1 is 1.31 bits per heavy atom. The third-order valence-corrected chi connectivity index (χ3v) is 5.28. The quantitative estimate of drug-likeness (QED) is 0.231. The average molecular weight is 429 g/mol. The number of nitrogens with zero attached hydrogens (tertiary/aromatic N) is 5. The molecule has 1 atom stereocenters. The van der Waals surface area contributed by atoms with Crippen molar-refractivity contribution in [1.29, 1.82) is 5.26 Å². The Labute approximate surface area is 174 Å². The number of thioether (sulfide) groups is 1. The minimum absolute atomic E-state index is 0.157. The number of amides is 2. The molecule has 1 unspecified atom stereocenters. The number of thiazole rings is 1. The van der Waals surface area contributed by atoms with E-state index in [0.717, 1.165) is 0 Å². The minimum atomic E-state index is -0.567. The van der Waals surface area contributed by atoms with E-state index in [-0.39, 0.29) is 11.1 Å². The highest BCUT2D eigenvalue weighted by Gasteiger charge is 2.23. The molecule has 0 aliphatic heterocycles. The molecule has 3 aromatic rings. The van der Waals surface area contributed by atoms with Crippen LogP contribution in [0.25, 0.3) is 5.13 Å². The Morgan fingerprint density at radius 2 is 2.00 bits per heavy atom. The van der Waals surface area contributed by atoms with E-state index in [1.165, 1.54) is 46.1 Å². The summed E-state index contributed by atoms with van der Waals surface area (Å²) in [5, 5.41) is 17.2. The van der Waals surface area contributed by atoms with Crippen LogP contribution in [0, 0.1) is 11.3 Å². The summed E-state index contributed by atoms with van der Waals surface area (Å²) in [5.41, 5.74) is 2.37. The predicted molar refractivity (Wildman–Crippen MR) is 108 cm³/mol. The van der Waals surface area contributed by atoms with Crippen LogP contribution < -0.4 is 16.6 Å².